The van der Waals surface area contributed by atoms with E-state index in [1.54, 1.807) is 22.7 Å². The number of benzene rings is 1. The van der Waals surface area contributed by atoms with Crippen molar-refractivity contribution in [2.24, 2.45) is 5.92 Å². The van der Waals surface area contributed by atoms with Crippen LogP contribution in [0.3, 0.4) is 0 Å². The number of para-hydroxylation sites is 1. The molecule has 1 unspecified atom stereocenters. The van der Waals surface area contributed by atoms with E-state index in [1.165, 1.54) is 21.6 Å². The van der Waals surface area contributed by atoms with E-state index in [2.05, 4.69) is 27.9 Å². The second-order valence-corrected chi connectivity index (χ2v) is 10.1. The second-order valence-electron chi connectivity index (χ2n) is 7.18. The van der Waals surface area contributed by atoms with E-state index in [0.29, 0.717) is 16.5 Å². The number of rotatable bonds is 3. The number of thiazole rings is 1. The Bertz CT molecular complexity index is 1160. The third-order valence-electron chi connectivity index (χ3n) is 5.10. The zero-order valence-corrected chi connectivity index (χ0v) is 17.9. The molecule has 1 aliphatic rings. The van der Waals surface area contributed by atoms with Crippen molar-refractivity contribution in [3.05, 3.63) is 45.3 Å². The first-order valence-corrected chi connectivity index (χ1v) is 11.6. The number of carbonyl (C=O) groups is 1. The summed E-state index contributed by atoms with van der Waals surface area (Å²) in [6, 6.07) is 8.19. The molecule has 1 aliphatic carbocycles. The molecule has 0 fully saturated rings. The lowest BCUT2D eigenvalue weighted by atomic mass is 9.88. The van der Waals surface area contributed by atoms with E-state index in [0.717, 1.165) is 45.5 Å². The summed E-state index contributed by atoms with van der Waals surface area (Å²) in [6.07, 6.45) is 3.27. The number of nitrogens with one attached hydrogen (secondary N) is 1. The standard InChI is InChI=1S/C20H18N4OS3/c1-10-7-8-12-15(9-10)27-20(22-18(25)17-11(2)23-24-28-17)16(12)19-21-13-5-3-4-6-14(13)26-19/h3-6,10H,7-9H2,1-2H3,(H,22,25). The van der Waals surface area contributed by atoms with Crippen LogP contribution < -0.4 is 5.32 Å². The molecule has 0 bridgehead atoms. The van der Waals surface area contributed by atoms with Gasteiger partial charge >= 0.3 is 0 Å². The molecule has 1 aromatic carbocycles. The van der Waals surface area contributed by atoms with Gasteiger partial charge in [-0.2, -0.15) is 0 Å². The molecule has 0 saturated heterocycles. The van der Waals surface area contributed by atoms with Crippen molar-refractivity contribution in [1.29, 1.82) is 0 Å². The fourth-order valence-corrected chi connectivity index (χ4v) is 6.71. The molecule has 3 aromatic heterocycles. The van der Waals surface area contributed by atoms with E-state index in [9.17, 15) is 4.79 Å². The first-order valence-electron chi connectivity index (χ1n) is 9.21. The minimum Gasteiger partial charge on any atom is -0.312 e. The number of hydrogen-bond donors (Lipinski definition) is 1. The van der Waals surface area contributed by atoms with Crippen LogP contribution in [0.4, 0.5) is 5.00 Å². The summed E-state index contributed by atoms with van der Waals surface area (Å²) >= 11 is 4.53. The van der Waals surface area contributed by atoms with Crippen LogP contribution in [0, 0.1) is 12.8 Å². The molecular formula is C20H18N4OS3. The summed E-state index contributed by atoms with van der Waals surface area (Å²) < 4.78 is 5.06. The summed E-state index contributed by atoms with van der Waals surface area (Å²) in [5, 5.41) is 9.00. The maximum absolute atomic E-state index is 12.8. The van der Waals surface area contributed by atoms with Gasteiger partial charge in [0.25, 0.3) is 5.91 Å². The van der Waals surface area contributed by atoms with Gasteiger partial charge in [-0.15, -0.1) is 27.8 Å². The van der Waals surface area contributed by atoms with Crippen molar-refractivity contribution < 1.29 is 4.79 Å². The van der Waals surface area contributed by atoms with Gasteiger partial charge in [0.2, 0.25) is 0 Å². The van der Waals surface area contributed by atoms with Crippen LogP contribution in [0.25, 0.3) is 20.8 Å². The summed E-state index contributed by atoms with van der Waals surface area (Å²) in [7, 11) is 0. The summed E-state index contributed by atoms with van der Waals surface area (Å²) in [4.78, 5) is 19.7. The first kappa shape index (κ1) is 17.9. The maximum Gasteiger partial charge on any atom is 0.269 e. The number of aryl methyl sites for hydroxylation is 1. The zero-order chi connectivity index (χ0) is 19.3. The maximum atomic E-state index is 12.8. The van der Waals surface area contributed by atoms with Crippen LogP contribution in [0.15, 0.2) is 24.3 Å². The predicted octanol–water partition coefficient (Wildman–Crippen LogP) is 5.56. The largest absolute Gasteiger partial charge is 0.312 e. The van der Waals surface area contributed by atoms with Crippen LogP contribution in [0.2, 0.25) is 0 Å². The van der Waals surface area contributed by atoms with Crippen molar-refractivity contribution in [1.82, 2.24) is 14.6 Å². The number of hydrogen-bond acceptors (Lipinski definition) is 7. The molecule has 3 heterocycles. The van der Waals surface area contributed by atoms with Crippen LogP contribution in [0.5, 0.6) is 0 Å². The number of aromatic nitrogens is 3. The SMILES string of the molecule is Cc1nnsc1C(=O)Nc1sc2c(c1-c1nc3ccccc3s1)CCC(C)C2. The van der Waals surface area contributed by atoms with Crippen molar-refractivity contribution >= 4 is 55.3 Å². The average molecular weight is 427 g/mol. The molecule has 0 aliphatic heterocycles. The number of nitrogens with zero attached hydrogens (tertiary/aromatic N) is 3. The quantitative estimate of drug-likeness (QED) is 0.465. The smallest absolute Gasteiger partial charge is 0.269 e. The molecule has 5 rings (SSSR count). The molecule has 1 N–H and O–H groups in total. The highest BCUT2D eigenvalue weighted by Gasteiger charge is 2.28. The lowest BCUT2D eigenvalue weighted by Crippen LogP contribution is -2.11. The Hall–Kier alpha value is -2.16. The monoisotopic (exact) mass is 426 g/mol. The van der Waals surface area contributed by atoms with E-state index in [1.807, 2.05) is 25.1 Å². The van der Waals surface area contributed by atoms with Crippen LogP contribution >= 0.6 is 34.2 Å². The molecule has 0 saturated carbocycles. The average Bonchev–Trinajstić information content (AvgIpc) is 3.36. The van der Waals surface area contributed by atoms with Crippen LogP contribution in [-0.2, 0) is 12.8 Å². The van der Waals surface area contributed by atoms with Gasteiger partial charge < -0.3 is 5.32 Å². The highest BCUT2D eigenvalue weighted by Crippen LogP contribution is 2.47. The summed E-state index contributed by atoms with van der Waals surface area (Å²) in [5.74, 6) is 0.535. The van der Waals surface area contributed by atoms with Crippen molar-refractivity contribution in [3.8, 4) is 10.6 Å². The van der Waals surface area contributed by atoms with Crippen LogP contribution in [0.1, 0.15) is 39.2 Å². The number of thiophene rings is 1. The molecule has 4 aromatic rings. The second kappa shape index (κ2) is 7.02. The first-order chi connectivity index (χ1) is 13.6. The molecular weight excluding hydrogens is 408 g/mol. The van der Waals surface area contributed by atoms with Gasteiger partial charge in [0, 0.05) is 10.4 Å². The third-order valence-corrected chi connectivity index (χ3v) is 8.15. The normalized spacial score (nSPS) is 16.3. The minimum absolute atomic E-state index is 0.137. The van der Waals surface area contributed by atoms with Gasteiger partial charge in [-0.1, -0.05) is 23.5 Å². The molecule has 28 heavy (non-hydrogen) atoms. The van der Waals surface area contributed by atoms with Gasteiger partial charge in [0.05, 0.1) is 15.9 Å². The van der Waals surface area contributed by atoms with E-state index in [-0.39, 0.29) is 5.91 Å². The fourth-order valence-electron chi connectivity index (χ4n) is 3.64. The van der Waals surface area contributed by atoms with Crippen molar-refractivity contribution in [3.63, 3.8) is 0 Å². The summed E-state index contributed by atoms with van der Waals surface area (Å²) in [5.41, 5.74) is 4.14. The number of amides is 1. The Morgan fingerprint density at radius 2 is 2.11 bits per heavy atom. The van der Waals surface area contributed by atoms with Gasteiger partial charge in [0.1, 0.15) is 14.9 Å². The molecule has 0 spiro atoms. The molecule has 0 radical (unpaired) electrons. The Labute approximate surface area is 174 Å². The van der Waals surface area contributed by atoms with Gasteiger partial charge in [0.15, 0.2) is 0 Å². The van der Waals surface area contributed by atoms with Crippen molar-refractivity contribution in [2.45, 2.75) is 33.1 Å². The Morgan fingerprint density at radius 3 is 2.89 bits per heavy atom. The molecule has 8 heteroatoms. The molecule has 1 amide bonds. The highest BCUT2D eigenvalue weighted by atomic mass is 32.1. The van der Waals surface area contributed by atoms with E-state index in [4.69, 9.17) is 4.98 Å². The predicted molar refractivity (Wildman–Crippen MR) is 117 cm³/mol. The number of anilines is 1. The summed E-state index contributed by atoms with van der Waals surface area (Å²) in [6.45, 7) is 4.11. The lowest BCUT2D eigenvalue weighted by Gasteiger charge is -2.18. The van der Waals surface area contributed by atoms with Gasteiger partial charge in [-0.25, -0.2) is 4.98 Å². The highest BCUT2D eigenvalue weighted by molar-refractivity contribution is 7.23. The molecule has 5 nitrogen and oxygen atoms in total. The number of fused-ring (bicyclic) bond motifs is 2. The van der Waals surface area contributed by atoms with Gasteiger partial charge in [-0.3, -0.25) is 4.79 Å². The Morgan fingerprint density at radius 1 is 1.25 bits per heavy atom. The van der Waals surface area contributed by atoms with E-state index >= 15 is 0 Å². The zero-order valence-electron chi connectivity index (χ0n) is 15.5. The fraction of sp³-hybridized carbons (Fsp3) is 0.300. The Balaban J connectivity index is 1.62. The number of carbonyl (C=O) groups excluding carboxylic acids is 1. The molecule has 142 valence electrons. The van der Waals surface area contributed by atoms with E-state index < -0.39 is 0 Å². The Kier molecular flexibility index (Phi) is 4.49. The van der Waals surface area contributed by atoms with Crippen LogP contribution in [-0.4, -0.2) is 20.5 Å². The topological polar surface area (TPSA) is 67.8 Å². The molecule has 1 atom stereocenters. The third kappa shape index (κ3) is 3.05. The van der Waals surface area contributed by atoms with Crippen molar-refractivity contribution in [2.75, 3.05) is 5.32 Å². The lowest BCUT2D eigenvalue weighted by molar-refractivity contribution is 0.103. The van der Waals surface area contributed by atoms with Gasteiger partial charge in [-0.05, 0) is 61.3 Å². The minimum atomic E-state index is -0.137.